The first-order valence-corrected chi connectivity index (χ1v) is 10.7. The van der Waals surface area contributed by atoms with Gasteiger partial charge in [-0.3, -0.25) is 4.90 Å². The molecule has 2 heterocycles. The molecule has 1 unspecified atom stereocenters. The van der Waals surface area contributed by atoms with Crippen LogP contribution in [-0.2, 0) is 11.3 Å². The van der Waals surface area contributed by atoms with Crippen molar-refractivity contribution in [1.29, 1.82) is 0 Å². The van der Waals surface area contributed by atoms with Gasteiger partial charge in [-0.2, -0.15) is 0 Å². The molecule has 0 radical (unpaired) electrons. The summed E-state index contributed by atoms with van der Waals surface area (Å²) in [4.78, 5) is 11.9. The van der Waals surface area contributed by atoms with Crippen LogP contribution >= 0.6 is 35.3 Å². The molecule has 1 aliphatic rings. The average Bonchev–Trinajstić information content (AvgIpc) is 3.10. The van der Waals surface area contributed by atoms with Gasteiger partial charge in [-0.25, -0.2) is 9.98 Å². The number of nitrogens with one attached hydrogen (secondary N) is 2. The lowest BCUT2D eigenvalue weighted by Gasteiger charge is -2.37. The number of morpholine rings is 1. The second-order valence-electron chi connectivity index (χ2n) is 7.37. The van der Waals surface area contributed by atoms with Crippen LogP contribution in [-0.4, -0.2) is 61.3 Å². The number of nitrogens with zero attached hydrogens (tertiary/aromatic N) is 3. The van der Waals surface area contributed by atoms with Gasteiger partial charge in [-0.05, 0) is 12.8 Å². The van der Waals surface area contributed by atoms with E-state index >= 15 is 0 Å². The van der Waals surface area contributed by atoms with Crippen molar-refractivity contribution in [3.05, 3.63) is 16.1 Å². The normalized spacial score (nSPS) is 17.1. The predicted octanol–water partition coefficient (Wildman–Crippen LogP) is 3.30. The van der Waals surface area contributed by atoms with Gasteiger partial charge in [0.25, 0.3) is 0 Å². The van der Waals surface area contributed by atoms with E-state index in [0.717, 1.165) is 51.0 Å². The summed E-state index contributed by atoms with van der Waals surface area (Å²) in [6.45, 7) is 17.1. The number of aromatic nitrogens is 1. The van der Waals surface area contributed by atoms with E-state index in [0.29, 0.717) is 24.4 Å². The molecule has 1 fully saturated rings. The lowest BCUT2D eigenvalue weighted by atomic mass is 10.0. The zero-order valence-corrected chi connectivity index (χ0v) is 20.5. The number of halogens is 1. The molecule has 1 saturated heterocycles. The van der Waals surface area contributed by atoms with Crippen LogP contribution in [0.2, 0.25) is 0 Å². The van der Waals surface area contributed by atoms with Crippen LogP contribution in [0.25, 0.3) is 0 Å². The molecule has 1 aliphatic heterocycles. The Morgan fingerprint density at radius 2 is 1.96 bits per heavy atom. The molecule has 0 saturated carbocycles. The first-order valence-electron chi connectivity index (χ1n) is 9.79. The molecule has 1 aromatic heterocycles. The van der Waals surface area contributed by atoms with Crippen molar-refractivity contribution in [3.63, 3.8) is 0 Å². The molecule has 0 aliphatic carbocycles. The molecule has 0 bridgehead atoms. The minimum absolute atomic E-state index is 0. The van der Waals surface area contributed by atoms with E-state index in [4.69, 9.17) is 9.73 Å². The molecule has 156 valence electrons. The minimum Gasteiger partial charge on any atom is -0.379 e. The van der Waals surface area contributed by atoms with E-state index in [2.05, 4.69) is 60.5 Å². The SMILES string of the molecule is CCNC(=NCc1csc(C(C)C)n1)NCC(C(C)C)N1CCOCC1.I. The molecule has 2 rings (SSSR count). The summed E-state index contributed by atoms with van der Waals surface area (Å²) >= 11 is 1.72. The van der Waals surface area contributed by atoms with Crippen LogP contribution in [0.5, 0.6) is 0 Å². The standard InChI is InChI=1S/C19H35N5OS.HI/c1-6-20-19(21-11-16-13-26-18(23-16)15(4)5)22-12-17(14(2)3)24-7-9-25-10-8-24;/h13-15,17H,6-12H2,1-5H3,(H2,20,21,22);1H. The summed E-state index contributed by atoms with van der Waals surface area (Å²) in [5, 5.41) is 10.2. The Balaban J connectivity index is 0.00000364. The molecule has 0 aromatic carbocycles. The maximum Gasteiger partial charge on any atom is 0.191 e. The smallest absolute Gasteiger partial charge is 0.191 e. The summed E-state index contributed by atoms with van der Waals surface area (Å²) in [7, 11) is 0. The highest BCUT2D eigenvalue weighted by atomic mass is 127. The lowest BCUT2D eigenvalue weighted by molar-refractivity contribution is 0.00752. The van der Waals surface area contributed by atoms with Gasteiger partial charge in [0.1, 0.15) is 0 Å². The Morgan fingerprint density at radius 3 is 2.52 bits per heavy atom. The van der Waals surface area contributed by atoms with Crippen molar-refractivity contribution in [2.45, 2.75) is 53.1 Å². The second kappa shape index (κ2) is 12.9. The molecular formula is C19H36IN5OS. The molecule has 6 nitrogen and oxygen atoms in total. The molecule has 0 amide bonds. The van der Waals surface area contributed by atoms with Crippen LogP contribution < -0.4 is 10.6 Å². The second-order valence-corrected chi connectivity index (χ2v) is 8.26. The van der Waals surface area contributed by atoms with E-state index in [9.17, 15) is 0 Å². The van der Waals surface area contributed by atoms with Gasteiger partial charge in [0.2, 0.25) is 0 Å². The largest absolute Gasteiger partial charge is 0.379 e. The van der Waals surface area contributed by atoms with E-state index in [1.165, 1.54) is 5.01 Å². The fourth-order valence-electron chi connectivity index (χ4n) is 3.06. The maximum absolute atomic E-state index is 5.50. The Hall–Kier alpha value is -0.450. The van der Waals surface area contributed by atoms with E-state index < -0.39 is 0 Å². The number of thiazole rings is 1. The zero-order chi connectivity index (χ0) is 18.9. The third kappa shape index (κ3) is 8.21. The highest BCUT2D eigenvalue weighted by molar-refractivity contribution is 14.0. The third-order valence-electron chi connectivity index (χ3n) is 4.57. The van der Waals surface area contributed by atoms with Gasteiger partial charge >= 0.3 is 0 Å². The van der Waals surface area contributed by atoms with E-state index in [1.54, 1.807) is 11.3 Å². The van der Waals surface area contributed by atoms with Crippen LogP contribution in [0.4, 0.5) is 0 Å². The molecule has 1 aromatic rings. The number of rotatable bonds is 8. The summed E-state index contributed by atoms with van der Waals surface area (Å²) in [6, 6.07) is 0.481. The average molecular weight is 510 g/mol. The Bertz CT molecular complexity index is 558. The number of guanidine groups is 1. The Morgan fingerprint density at radius 1 is 1.26 bits per heavy atom. The summed E-state index contributed by atoms with van der Waals surface area (Å²) < 4.78 is 5.50. The first kappa shape index (κ1) is 24.6. The third-order valence-corrected chi connectivity index (χ3v) is 5.76. The lowest BCUT2D eigenvalue weighted by Crippen LogP contribution is -2.52. The highest BCUT2D eigenvalue weighted by Crippen LogP contribution is 2.19. The van der Waals surface area contributed by atoms with Crippen molar-refractivity contribution >= 4 is 41.3 Å². The summed E-state index contributed by atoms with van der Waals surface area (Å²) in [5.41, 5.74) is 1.05. The fourth-order valence-corrected chi connectivity index (χ4v) is 3.89. The monoisotopic (exact) mass is 509 g/mol. The molecule has 2 N–H and O–H groups in total. The Kier molecular flexibility index (Phi) is 11.7. The van der Waals surface area contributed by atoms with Crippen molar-refractivity contribution < 1.29 is 4.74 Å². The molecule has 27 heavy (non-hydrogen) atoms. The highest BCUT2D eigenvalue weighted by Gasteiger charge is 2.23. The fraction of sp³-hybridized carbons (Fsp3) is 0.789. The Labute approximate surface area is 185 Å². The van der Waals surface area contributed by atoms with Crippen LogP contribution in [0.3, 0.4) is 0 Å². The molecule has 0 spiro atoms. The van der Waals surface area contributed by atoms with Crippen LogP contribution in [0, 0.1) is 5.92 Å². The van der Waals surface area contributed by atoms with Gasteiger partial charge in [-0.1, -0.05) is 27.7 Å². The predicted molar refractivity (Wildman–Crippen MR) is 125 cm³/mol. The van der Waals surface area contributed by atoms with Gasteiger partial charge in [0, 0.05) is 43.5 Å². The van der Waals surface area contributed by atoms with E-state index in [1.807, 2.05) is 0 Å². The summed E-state index contributed by atoms with van der Waals surface area (Å²) in [6.07, 6.45) is 0. The number of hydrogen-bond acceptors (Lipinski definition) is 5. The topological polar surface area (TPSA) is 61.8 Å². The van der Waals surface area contributed by atoms with Gasteiger partial charge in [0.05, 0.1) is 30.5 Å². The molecular weight excluding hydrogens is 473 g/mol. The quantitative estimate of drug-likeness (QED) is 0.320. The number of aliphatic imine (C=N–C) groups is 1. The van der Waals surface area contributed by atoms with Crippen LogP contribution in [0.1, 0.15) is 51.2 Å². The molecule has 8 heteroatoms. The van der Waals surface area contributed by atoms with Gasteiger partial charge in [0.15, 0.2) is 5.96 Å². The van der Waals surface area contributed by atoms with Crippen molar-refractivity contribution in [2.75, 3.05) is 39.4 Å². The van der Waals surface area contributed by atoms with Crippen molar-refractivity contribution in [1.82, 2.24) is 20.5 Å². The van der Waals surface area contributed by atoms with Gasteiger partial charge in [-0.15, -0.1) is 35.3 Å². The number of ether oxygens (including phenoxy) is 1. The zero-order valence-electron chi connectivity index (χ0n) is 17.3. The van der Waals surface area contributed by atoms with Crippen molar-refractivity contribution in [2.24, 2.45) is 10.9 Å². The number of hydrogen-bond donors (Lipinski definition) is 2. The maximum atomic E-state index is 5.50. The van der Waals surface area contributed by atoms with E-state index in [-0.39, 0.29) is 24.0 Å². The summed E-state index contributed by atoms with van der Waals surface area (Å²) in [5.74, 6) is 1.92. The van der Waals surface area contributed by atoms with Gasteiger partial charge < -0.3 is 15.4 Å². The van der Waals surface area contributed by atoms with Crippen LogP contribution in [0.15, 0.2) is 10.4 Å². The van der Waals surface area contributed by atoms with Crippen molar-refractivity contribution in [3.8, 4) is 0 Å². The molecule has 1 atom stereocenters. The first-order chi connectivity index (χ1) is 12.5. The minimum atomic E-state index is 0.